The van der Waals surface area contributed by atoms with Gasteiger partial charge in [-0.25, -0.2) is 22.2 Å². The van der Waals surface area contributed by atoms with E-state index in [2.05, 4.69) is 25.6 Å². The van der Waals surface area contributed by atoms with Crippen LogP contribution >= 0.6 is 0 Å². The number of halogens is 2. The molecule has 0 spiro atoms. The van der Waals surface area contributed by atoms with Crippen molar-refractivity contribution in [2.45, 2.75) is 44.0 Å². The van der Waals surface area contributed by atoms with Crippen LogP contribution in [0.1, 0.15) is 35.7 Å². The first-order chi connectivity index (χ1) is 18.5. The Labute approximate surface area is 223 Å². The molecule has 0 atom stereocenters. The fourth-order valence-electron chi connectivity index (χ4n) is 4.45. The second kappa shape index (κ2) is 10.0. The minimum Gasteiger partial charge on any atom is -0.394 e. The summed E-state index contributed by atoms with van der Waals surface area (Å²) in [5, 5.41) is 24.2. The van der Waals surface area contributed by atoms with Gasteiger partial charge in [-0.2, -0.15) is 15.2 Å². The van der Waals surface area contributed by atoms with Crippen LogP contribution in [0.5, 0.6) is 0 Å². The van der Waals surface area contributed by atoms with Gasteiger partial charge in [0.25, 0.3) is 0 Å². The minimum atomic E-state index is -3.83. The molecule has 4 aromatic rings. The second-order valence-corrected chi connectivity index (χ2v) is 11.6. The molecule has 14 heteroatoms. The number of aliphatic hydroxyl groups excluding tert-OH is 1. The van der Waals surface area contributed by atoms with Crippen molar-refractivity contribution in [2.24, 2.45) is 0 Å². The summed E-state index contributed by atoms with van der Waals surface area (Å²) in [6.45, 7) is 3.91. The maximum Gasteiger partial charge on any atom is 0.232 e. The Morgan fingerprint density at radius 1 is 1.18 bits per heavy atom. The average Bonchev–Trinajstić information content (AvgIpc) is 3.52. The van der Waals surface area contributed by atoms with E-state index in [1.54, 1.807) is 16.9 Å². The highest BCUT2D eigenvalue weighted by atomic mass is 32.2. The average molecular weight is 559 g/mol. The predicted octanol–water partition coefficient (Wildman–Crippen LogP) is 3.74. The number of hydrogen-bond acceptors (Lipinski definition) is 9. The van der Waals surface area contributed by atoms with Crippen molar-refractivity contribution >= 4 is 33.1 Å². The molecule has 1 aliphatic carbocycles. The van der Waals surface area contributed by atoms with Gasteiger partial charge in [0.15, 0.2) is 27.3 Å². The zero-order valence-electron chi connectivity index (χ0n) is 21.8. The lowest BCUT2D eigenvalue weighted by Crippen LogP contribution is -2.19. The molecule has 0 amide bonds. The largest absolute Gasteiger partial charge is 0.394 e. The number of nitrogens with one attached hydrogen (secondary N) is 2. The van der Waals surface area contributed by atoms with Gasteiger partial charge in [0.2, 0.25) is 5.95 Å². The number of aromatic amines is 1. The summed E-state index contributed by atoms with van der Waals surface area (Å²) in [6.07, 6.45) is 4.36. The summed E-state index contributed by atoms with van der Waals surface area (Å²) in [6, 6.07) is 3.35. The molecule has 0 aliphatic heterocycles. The van der Waals surface area contributed by atoms with Crippen LogP contribution in [0.15, 0.2) is 29.3 Å². The van der Waals surface area contributed by atoms with E-state index in [-0.39, 0.29) is 18.5 Å². The predicted molar refractivity (Wildman–Crippen MR) is 141 cm³/mol. The molecule has 11 nitrogen and oxygen atoms in total. The van der Waals surface area contributed by atoms with E-state index in [4.69, 9.17) is 4.98 Å². The first-order valence-corrected chi connectivity index (χ1v) is 14.1. The normalized spacial score (nSPS) is 13.6. The highest BCUT2D eigenvalue weighted by Crippen LogP contribution is 2.48. The Balaban J connectivity index is 1.70. The maximum atomic E-state index is 15.2. The Kier molecular flexibility index (Phi) is 6.84. The molecule has 39 heavy (non-hydrogen) atoms. The molecule has 1 saturated carbocycles. The number of aromatic nitrogens is 6. The zero-order valence-corrected chi connectivity index (χ0v) is 22.6. The van der Waals surface area contributed by atoms with Gasteiger partial charge < -0.3 is 15.3 Å². The number of sulfone groups is 1. The molecule has 5 rings (SSSR count). The van der Waals surface area contributed by atoms with Crippen molar-refractivity contribution in [1.29, 1.82) is 0 Å². The SMILES string of the molecule is Cc1cc(Nc2nc(N(C)c3c(F)cc(S(C)(=O)=O)cc3F)nc(-c3cnn(CCO)c3C)c2C2CC2)n[nH]1. The molecular weight excluding hydrogens is 530 g/mol. The first-order valence-electron chi connectivity index (χ1n) is 12.2. The molecular formula is C25H28F2N8O3S. The Bertz CT molecular complexity index is 1640. The van der Waals surface area contributed by atoms with Crippen LogP contribution in [0, 0.1) is 25.5 Å². The van der Waals surface area contributed by atoms with E-state index in [1.165, 1.54) is 7.05 Å². The number of aryl methyl sites for hydroxylation is 1. The smallest absolute Gasteiger partial charge is 0.232 e. The number of nitrogens with zero attached hydrogens (tertiary/aromatic N) is 6. The van der Waals surface area contributed by atoms with Crippen molar-refractivity contribution in [3.63, 3.8) is 0 Å². The van der Waals surface area contributed by atoms with Gasteiger partial charge in [-0.05, 0) is 44.7 Å². The lowest BCUT2D eigenvalue weighted by Gasteiger charge is -2.22. The van der Waals surface area contributed by atoms with Crippen LogP contribution in [-0.2, 0) is 16.4 Å². The van der Waals surface area contributed by atoms with Crippen molar-refractivity contribution in [2.75, 3.05) is 30.1 Å². The van der Waals surface area contributed by atoms with Crippen molar-refractivity contribution in [3.05, 3.63) is 53.0 Å². The highest BCUT2D eigenvalue weighted by Gasteiger charge is 2.34. The monoisotopic (exact) mass is 558 g/mol. The van der Waals surface area contributed by atoms with Gasteiger partial charge in [0, 0.05) is 41.9 Å². The van der Waals surface area contributed by atoms with Gasteiger partial charge >= 0.3 is 0 Å². The Morgan fingerprint density at radius 2 is 1.87 bits per heavy atom. The standard InChI is InChI=1S/C25H28F2N8O3S/c1-13-9-20(33-32-13)29-24-21(15-5-6-15)22(17-12-28-35(7-8-36)14(17)2)30-25(31-24)34(3)23-18(26)10-16(11-19(23)27)39(4,37)38/h9-12,15,36H,5-8H2,1-4H3,(H2,29,30,31,32,33). The molecule has 3 heterocycles. The van der Waals surface area contributed by atoms with E-state index in [0.717, 1.165) is 53.1 Å². The molecule has 0 unspecified atom stereocenters. The van der Waals surface area contributed by atoms with E-state index < -0.39 is 32.1 Å². The topological polar surface area (TPSA) is 142 Å². The third-order valence-electron chi connectivity index (χ3n) is 6.60. The number of rotatable bonds is 9. The van der Waals surface area contributed by atoms with E-state index >= 15 is 8.78 Å². The molecule has 3 N–H and O–H groups in total. The van der Waals surface area contributed by atoms with Gasteiger partial charge in [-0.1, -0.05) is 0 Å². The summed E-state index contributed by atoms with van der Waals surface area (Å²) in [4.78, 5) is 10.1. The number of hydrogen-bond donors (Lipinski definition) is 3. The minimum absolute atomic E-state index is 0.0247. The van der Waals surface area contributed by atoms with E-state index in [1.807, 2.05) is 13.8 Å². The second-order valence-electron chi connectivity index (χ2n) is 9.63. The first kappa shape index (κ1) is 26.7. The molecule has 1 aliphatic rings. The molecule has 1 fully saturated rings. The third-order valence-corrected chi connectivity index (χ3v) is 7.69. The fourth-order valence-corrected chi connectivity index (χ4v) is 5.08. The quantitative estimate of drug-likeness (QED) is 0.280. The highest BCUT2D eigenvalue weighted by molar-refractivity contribution is 7.90. The fraction of sp³-hybridized carbons (Fsp3) is 0.360. The van der Waals surface area contributed by atoms with Crippen LogP contribution in [0.2, 0.25) is 0 Å². The van der Waals surface area contributed by atoms with Crippen LogP contribution < -0.4 is 10.2 Å². The van der Waals surface area contributed by atoms with Crippen molar-refractivity contribution in [1.82, 2.24) is 29.9 Å². The van der Waals surface area contributed by atoms with Gasteiger partial charge in [0.1, 0.15) is 11.5 Å². The summed E-state index contributed by atoms with van der Waals surface area (Å²) in [5.41, 5.74) is 3.15. The Morgan fingerprint density at radius 3 is 2.44 bits per heavy atom. The summed E-state index contributed by atoms with van der Waals surface area (Å²) < 4.78 is 55.7. The van der Waals surface area contributed by atoms with Crippen LogP contribution in [0.3, 0.4) is 0 Å². The number of aliphatic hydroxyl groups is 1. The van der Waals surface area contributed by atoms with Gasteiger partial charge in [-0.3, -0.25) is 9.78 Å². The summed E-state index contributed by atoms with van der Waals surface area (Å²) >= 11 is 0. The van der Waals surface area contributed by atoms with Crippen LogP contribution in [-0.4, -0.2) is 63.4 Å². The Hall–Kier alpha value is -3.91. The number of H-pyrrole nitrogens is 1. The molecule has 1 aromatic carbocycles. The lowest BCUT2D eigenvalue weighted by molar-refractivity contribution is 0.268. The van der Waals surface area contributed by atoms with Crippen molar-refractivity contribution < 1.29 is 22.3 Å². The van der Waals surface area contributed by atoms with E-state index in [9.17, 15) is 13.5 Å². The molecule has 0 radical (unpaired) electrons. The molecule has 0 bridgehead atoms. The molecule has 206 valence electrons. The molecule has 0 saturated heterocycles. The number of benzene rings is 1. The molecule has 3 aromatic heterocycles. The number of anilines is 4. The van der Waals surface area contributed by atoms with Gasteiger partial charge in [-0.15, -0.1) is 0 Å². The maximum absolute atomic E-state index is 15.2. The summed E-state index contributed by atoms with van der Waals surface area (Å²) in [5.74, 6) is -1.07. The zero-order chi connectivity index (χ0) is 28.1. The van der Waals surface area contributed by atoms with Crippen molar-refractivity contribution in [3.8, 4) is 11.3 Å². The van der Waals surface area contributed by atoms with Gasteiger partial charge in [0.05, 0.1) is 29.9 Å². The van der Waals surface area contributed by atoms with Crippen LogP contribution in [0.25, 0.3) is 11.3 Å². The van der Waals surface area contributed by atoms with E-state index in [0.29, 0.717) is 29.4 Å². The lowest BCUT2D eigenvalue weighted by atomic mass is 10.0. The third kappa shape index (κ3) is 5.21. The van der Waals surface area contributed by atoms with Crippen LogP contribution in [0.4, 0.5) is 32.1 Å². The summed E-state index contributed by atoms with van der Waals surface area (Å²) in [7, 11) is -2.42.